The van der Waals surface area contributed by atoms with Crippen LogP contribution in [0.5, 0.6) is 0 Å². The molecule has 0 amide bonds. The van der Waals surface area contributed by atoms with E-state index in [0.717, 1.165) is 0 Å². The summed E-state index contributed by atoms with van der Waals surface area (Å²) in [5.74, 6) is 0.803. The van der Waals surface area contributed by atoms with Crippen LogP contribution in [0, 0.1) is 0 Å². The molecule has 3 N–H and O–H groups in total. The molecule has 0 bridgehead atoms. The highest BCUT2D eigenvalue weighted by Crippen LogP contribution is 2.19. The van der Waals surface area contributed by atoms with Crippen LogP contribution in [0.1, 0.15) is 18.6 Å². The second-order valence-corrected chi connectivity index (χ2v) is 7.74. The molecule has 0 aliphatic carbocycles. The number of piperazine rings is 1. The molecule has 1 fully saturated rings. The highest BCUT2D eigenvalue weighted by Gasteiger charge is 2.29. The second-order valence-electron chi connectivity index (χ2n) is 5.80. The van der Waals surface area contributed by atoms with Crippen molar-refractivity contribution in [3.8, 4) is 0 Å². The number of aromatic nitrogens is 3. The first kappa shape index (κ1) is 17.5. The minimum atomic E-state index is -3.59. The van der Waals surface area contributed by atoms with E-state index < -0.39 is 16.1 Å². The number of anilines is 2. The Morgan fingerprint density at radius 3 is 2.24 bits per heavy atom. The molecule has 0 spiro atoms. The van der Waals surface area contributed by atoms with Gasteiger partial charge in [-0.15, -0.1) is 0 Å². The van der Waals surface area contributed by atoms with Gasteiger partial charge in [-0.1, -0.05) is 0 Å². The molecule has 1 aliphatic heterocycles. The zero-order chi connectivity index (χ0) is 18.0. The highest BCUT2D eigenvalue weighted by atomic mass is 32.2. The van der Waals surface area contributed by atoms with E-state index in [2.05, 4.69) is 15.0 Å². The van der Waals surface area contributed by atoms with Crippen molar-refractivity contribution in [2.45, 2.75) is 17.9 Å². The van der Waals surface area contributed by atoms with Gasteiger partial charge >= 0.3 is 0 Å². The van der Waals surface area contributed by atoms with E-state index in [-0.39, 0.29) is 10.7 Å². The Balaban J connectivity index is 1.68. The third kappa shape index (κ3) is 3.70. The van der Waals surface area contributed by atoms with Crippen LogP contribution in [0.3, 0.4) is 0 Å². The minimum absolute atomic E-state index is 0.132. The van der Waals surface area contributed by atoms with Crippen LogP contribution >= 0.6 is 0 Å². The SMILES string of the molecule is CC(O)c1cnc(N2CCN(S(=O)(=O)c3ccc(N)nc3)CC2)nc1. The zero-order valence-electron chi connectivity index (χ0n) is 13.8. The summed E-state index contributed by atoms with van der Waals surface area (Å²) in [5.41, 5.74) is 6.14. The Morgan fingerprint density at radius 1 is 1.08 bits per heavy atom. The lowest BCUT2D eigenvalue weighted by Crippen LogP contribution is -2.49. The van der Waals surface area contributed by atoms with Gasteiger partial charge in [0.1, 0.15) is 10.7 Å². The molecule has 134 valence electrons. The molecule has 10 heteroatoms. The van der Waals surface area contributed by atoms with Crippen LogP contribution in [0.25, 0.3) is 0 Å². The maximum Gasteiger partial charge on any atom is 0.244 e. The smallest absolute Gasteiger partial charge is 0.244 e. The average Bonchev–Trinajstić information content (AvgIpc) is 2.62. The van der Waals surface area contributed by atoms with Crippen LogP contribution in [0.4, 0.5) is 11.8 Å². The van der Waals surface area contributed by atoms with E-state index in [9.17, 15) is 13.5 Å². The summed E-state index contributed by atoms with van der Waals surface area (Å²) in [7, 11) is -3.59. The van der Waals surface area contributed by atoms with Crippen molar-refractivity contribution in [1.82, 2.24) is 19.3 Å². The number of nitrogens with two attached hydrogens (primary N) is 1. The maximum absolute atomic E-state index is 12.6. The first-order chi connectivity index (χ1) is 11.9. The number of nitrogen functional groups attached to an aromatic ring is 1. The molecular formula is C15H20N6O3S. The lowest BCUT2D eigenvalue weighted by Gasteiger charge is -2.33. The van der Waals surface area contributed by atoms with E-state index in [1.165, 1.54) is 22.6 Å². The molecule has 1 aliphatic rings. The van der Waals surface area contributed by atoms with Gasteiger partial charge in [0, 0.05) is 50.3 Å². The summed E-state index contributed by atoms with van der Waals surface area (Å²) in [6.45, 7) is 3.27. The van der Waals surface area contributed by atoms with Gasteiger partial charge in [-0.05, 0) is 19.1 Å². The van der Waals surface area contributed by atoms with E-state index >= 15 is 0 Å². The Hall–Kier alpha value is -2.30. The predicted octanol–water partition coefficient (Wildman–Crippen LogP) is 0.0180. The van der Waals surface area contributed by atoms with Crippen molar-refractivity contribution in [3.63, 3.8) is 0 Å². The summed E-state index contributed by atoms with van der Waals surface area (Å²) >= 11 is 0. The van der Waals surface area contributed by atoms with Gasteiger partial charge < -0.3 is 15.7 Å². The monoisotopic (exact) mass is 364 g/mol. The van der Waals surface area contributed by atoms with E-state index in [1.54, 1.807) is 19.3 Å². The average molecular weight is 364 g/mol. The number of nitrogens with zero attached hydrogens (tertiary/aromatic N) is 5. The van der Waals surface area contributed by atoms with Gasteiger partial charge in [0.2, 0.25) is 16.0 Å². The third-order valence-electron chi connectivity index (χ3n) is 4.06. The Bertz CT molecular complexity index is 815. The third-order valence-corrected chi connectivity index (χ3v) is 5.94. The van der Waals surface area contributed by atoms with Crippen molar-refractivity contribution >= 4 is 21.8 Å². The van der Waals surface area contributed by atoms with Crippen molar-refractivity contribution in [2.24, 2.45) is 0 Å². The molecule has 0 saturated carbocycles. The molecule has 1 unspecified atom stereocenters. The molecule has 3 heterocycles. The molecule has 9 nitrogen and oxygen atoms in total. The lowest BCUT2D eigenvalue weighted by molar-refractivity contribution is 0.198. The summed E-state index contributed by atoms with van der Waals surface area (Å²) in [5, 5.41) is 9.49. The number of sulfonamides is 1. The topological polar surface area (TPSA) is 126 Å². The molecular weight excluding hydrogens is 344 g/mol. The van der Waals surface area contributed by atoms with Crippen LogP contribution in [-0.4, -0.2) is 59.0 Å². The molecule has 25 heavy (non-hydrogen) atoms. The molecule has 0 radical (unpaired) electrons. The largest absolute Gasteiger partial charge is 0.389 e. The summed E-state index contributed by atoms with van der Waals surface area (Å²) in [6.07, 6.45) is 3.81. The standard InChI is InChI=1S/C15H20N6O3S/c1-11(22)12-8-18-15(19-9-12)20-4-6-21(7-5-20)25(23,24)13-2-3-14(16)17-10-13/h2-3,8-11,22H,4-7H2,1H3,(H2,16,17). The van der Waals surface area contributed by atoms with Crippen molar-refractivity contribution in [2.75, 3.05) is 36.8 Å². The Kier molecular flexibility index (Phi) is 4.84. The van der Waals surface area contributed by atoms with Gasteiger partial charge in [0.15, 0.2) is 0 Å². The fourth-order valence-electron chi connectivity index (χ4n) is 2.53. The van der Waals surface area contributed by atoms with Gasteiger partial charge in [0.25, 0.3) is 0 Å². The first-order valence-electron chi connectivity index (χ1n) is 7.84. The second kappa shape index (κ2) is 6.90. The highest BCUT2D eigenvalue weighted by molar-refractivity contribution is 7.89. The number of rotatable bonds is 4. The van der Waals surface area contributed by atoms with Gasteiger partial charge in [-0.25, -0.2) is 23.4 Å². The van der Waals surface area contributed by atoms with E-state index in [0.29, 0.717) is 37.7 Å². The quantitative estimate of drug-likeness (QED) is 0.777. The number of hydrogen-bond donors (Lipinski definition) is 2. The first-order valence-corrected chi connectivity index (χ1v) is 9.28. The molecule has 0 aromatic carbocycles. The van der Waals surface area contributed by atoms with Crippen LogP contribution in [0.15, 0.2) is 35.6 Å². The number of aliphatic hydroxyl groups excluding tert-OH is 1. The van der Waals surface area contributed by atoms with Crippen LogP contribution in [-0.2, 0) is 10.0 Å². The van der Waals surface area contributed by atoms with Gasteiger partial charge in [0.05, 0.1) is 6.10 Å². The Labute approximate surface area is 146 Å². The fraction of sp³-hybridized carbons (Fsp3) is 0.400. The summed E-state index contributed by atoms with van der Waals surface area (Å²) in [4.78, 5) is 14.4. The predicted molar refractivity (Wildman–Crippen MR) is 92.3 cm³/mol. The van der Waals surface area contributed by atoms with E-state index in [4.69, 9.17) is 5.73 Å². The van der Waals surface area contributed by atoms with Crippen molar-refractivity contribution in [1.29, 1.82) is 0 Å². The summed E-state index contributed by atoms with van der Waals surface area (Å²) in [6, 6.07) is 2.93. The van der Waals surface area contributed by atoms with Crippen LogP contribution < -0.4 is 10.6 Å². The number of aliphatic hydroxyl groups is 1. The number of hydrogen-bond acceptors (Lipinski definition) is 8. The van der Waals surface area contributed by atoms with E-state index in [1.807, 2.05) is 4.90 Å². The fourth-order valence-corrected chi connectivity index (χ4v) is 3.90. The normalized spacial score (nSPS) is 17.4. The number of pyridine rings is 1. The summed E-state index contributed by atoms with van der Waals surface area (Å²) < 4.78 is 26.7. The van der Waals surface area contributed by atoms with Gasteiger partial charge in [-0.3, -0.25) is 0 Å². The lowest BCUT2D eigenvalue weighted by atomic mass is 10.2. The molecule has 2 aromatic rings. The van der Waals surface area contributed by atoms with Gasteiger partial charge in [-0.2, -0.15) is 4.31 Å². The van der Waals surface area contributed by atoms with Crippen molar-refractivity contribution < 1.29 is 13.5 Å². The molecule has 1 atom stereocenters. The Morgan fingerprint density at radius 2 is 1.72 bits per heavy atom. The molecule has 2 aromatic heterocycles. The maximum atomic E-state index is 12.6. The van der Waals surface area contributed by atoms with Crippen LogP contribution in [0.2, 0.25) is 0 Å². The zero-order valence-corrected chi connectivity index (χ0v) is 14.6. The molecule has 3 rings (SSSR count). The van der Waals surface area contributed by atoms with Crippen molar-refractivity contribution in [3.05, 3.63) is 36.3 Å². The minimum Gasteiger partial charge on any atom is -0.389 e. The molecule has 1 saturated heterocycles.